The van der Waals surface area contributed by atoms with Gasteiger partial charge in [-0.05, 0) is 48.9 Å². The first kappa shape index (κ1) is 32.6. The average molecular weight is 600 g/mol. The Bertz CT molecular complexity index is 1250. The standard InChI is InChI=1S/C31H41N3O7S/c1-6-41-15-8-13-34(31(36)32-24-18-25(37-2)20-26(19-24)38-3)22-30(35)33(21-27-9-7-16-42-27)14-12-23-10-11-28(39-4)29(17-23)40-5/h7,9-11,16-20H,6,8,12-15,21-22H2,1-5H3,(H,32,36). The van der Waals surface area contributed by atoms with Crippen LogP contribution in [0.2, 0.25) is 0 Å². The lowest BCUT2D eigenvalue weighted by atomic mass is 10.1. The molecule has 3 aromatic rings. The molecule has 0 fully saturated rings. The quantitative estimate of drug-likeness (QED) is 0.210. The van der Waals surface area contributed by atoms with Gasteiger partial charge in [0.1, 0.15) is 18.0 Å². The second kappa shape index (κ2) is 17.1. The Kier molecular flexibility index (Phi) is 13.3. The van der Waals surface area contributed by atoms with E-state index >= 15 is 0 Å². The van der Waals surface area contributed by atoms with Gasteiger partial charge in [-0.15, -0.1) is 11.3 Å². The Labute approximate surface area is 252 Å². The number of hydrogen-bond acceptors (Lipinski definition) is 8. The van der Waals surface area contributed by atoms with Crippen LogP contribution in [-0.2, 0) is 22.5 Å². The number of nitrogens with zero attached hydrogens (tertiary/aromatic N) is 2. The Morgan fingerprint density at radius 3 is 2.21 bits per heavy atom. The van der Waals surface area contributed by atoms with E-state index in [2.05, 4.69) is 5.32 Å². The van der Waals surface area contributed by atoms with Crippen LogP contribution in [0.25, 0.3) is 0 Å². The third-order valence-electron chi connectivity index (χ3n) is 6.53. The summed E-state index contributed by atoms with van der Waals surface area (Å²) in [5.41, 5.74) is 1.51. The summed E-state index contributed by atoms with van der Waals surface area (Å²) < 4.78 is 26.9. The molecule has 0 aliphatic carbocycles. The topological polar surface area (TPSA) is 98.8 Å². The number of amides is 3. The number of urea groups is 1. The van der Waals surface area contributed by atoms with Crippen LogP contribution in [0.4, 0.5) is 10.5 Å². The first-order chi connectivity index (χ1) is 20.4. The van der Waals surface area contributed by atoms with E-state index < -0.39 is 6.03 Å². The number of carbonyl (C=O) groups excluding carboxylic acids is 2. The number of carbonyl (C=O) groups is 2. The first-order valence-corrected chi connectivity index (χ1v) is 14.7. The van der Waals surface area contributed by atoms with Crippen molar-refractivity contribution in [1.82, 2.24) is 9.80 Å². The number of anilines is 1. The van der Waals surface area contributed by atoms with Crippen molar-refractivity contribution < 1.29 is 33.3 Å². The van der Waals surface area contributed by atoms with E-state index in [0.717, 1.165) is 10.4 Å². The molecule has 42 heavy (non-hydrogen) atoms. The zero-order chi connectivity index (χ0) is 30.3. The van der Waals surface area contributed by atoms with Gasteiger partial charge in [-0.1, -0.05) is 12.1 Å². The molecule has 0 atom stereocenters. The minimum atomic E-state index is -0.397. The van der Waals surface area contributed by atoms with Gasteiger partial charge in [0.2, 0.25) is 5.91 Å². The van der Waals surface area contributed by atoms with E-state index in [9.17, 15) is 9.59 Å². The molecule has 0 spiro atoms. The molecule has 1 aromatic heterocycles. The third kappa shape index (κ3) is 9.85. The van der Waals surface area contributed by atoms with Gasteiger partial charge in [0.15, 0.2) is 11.5 Å². The maximum Gasteiger partial charge on any atom is 0.322 e. The van der Waals surface area contributed by atoms with E-state index in [1.807, 2.05) is 42.6 Å². The van der Waals surface area contributed by atoms with Gasteiger partial charge in [-0.25, -0.2) is 4.79 Å². The molecule has 1 N–H and O–H groups in total. The van der Waals surface area contributed by atoms with Crippen LogP contribution < -0.4 is 24.3 Å². The number of nitrogens with one attached hydrogen (secondary N) is 1. The normalized spacial score (nSPS) is 10.6. The highest BCUT2D eigenvalue weighted by Crippen LogP contribution is 2.28. The lowest BCUT2D eigenvalue weighted by molar-refractivity contribution is -0.132. The zero-order valence-electron chi connectivity index (χ0n) is 25.0. The Morgan fingerprint density at radius 2 is 1.60 bits per heavy atom. The predicted octanol–water partition coefficient (Wildman–Crippen LogP) is 5.31. The predicted molar refractivity (Wildman–Crippen MR) is 164 cm³/mol. The fourth-order valence-corrected chi connectivity index (χ4v) is 5.00. The summed E-state index contributed by atoms with van der Waals surface area (Å²) in [6.45, 7) is 4.17. The van der Waals surface area contributed by atoms with Gasteiger partial charge in [0.25, 0.3) is 0 Å². The minimum absolute atomic E-state index is 0.0869. The Morgan fingerprint density at radius 1 is 0.857 bits per heavy atom. The van der Waals surface area contributed by atoms with E-state index in [0.29, 0.717) is 74.4 Å². The van der Waals surface area contributed by atoms with Gasteiger partial charge in [-0.2, -0.15) is 0 Å². The monoisotopic (exact) mass is 599 g/mol. The molecule has 0 radical (unpaired) electrons. The molecule has 0 unspecified atom stereocenters. The van der Waals surface area contributed by atoms with Crippen LogP contribution >= 0.6 is 11.3 Å². The summed E-state index contributed by atoms with van der Waals surface area (Å²) in [6, 6.07) is 14.4. The van der Waals surface area contributed by atoms with E-state index in [1.54, 1.807) is 62.9 Å². The third-order valence-corrected chi connectivity index (χ3v) is 7.40. The largest absolute Gasteiger partial charge is 0.497 e. The molecule has 2 aromatic carbocycles. The molecule has 3 amide bonds. The molecular weight excluding hydrogens is 558 g/mol. The fraction of sp³-hybridized carbons (Fsp3) is 0.419. The summed E-state index contributed by atoms with van der Waals surface area (Å²) in [5, 5.41) is 4.88. The second-order valence-corrected chi connectivity index (χ2v) is 10.4. The number of benzene rings is 2. The van der Waals surface area contributed by atoms with Crippen molar-refractivity contribution in [2.24, 2.45) is 0 Å². The van der Waals surface area contributed by atoms with E-state index in [-0.39, 0.29) is 12.5 Å². The van der Waals surface area contributed by atoms with Crippen LogP contribution in [-0.4, -0.2) is 83.0 Å². The maximum atomic E-state index is 13.8. The fourth-order valence-electron chi connectivity index (χ4n) is 4.28. The molecular formula is C31H41N3O7S. The lowest BCUT2D eigenvalue weighted by Gasteiger charge is -2.28. The van der Waals surface area contributed by atoms with E-state index in [4.69, 9.17) is 23.7 Å². The van der Waals surface area contributed by atoms with Crippen molar-refractivity contribution >= 4 is 29.0 Å². The van der Waals surface area contributed by atoms with Crippen LogP contribution in [0.1, 0.15) is 23.8 Å². The average Bonchev–Trinajstić information content (AvgIpc) is 3.53. The lowest BCUT2D eigenvalue weighted by Crippen LogP contribution is -2.45. The number of ether oxygens (including phenoxy) is 5. The first-order valence-electron chi connectivity index (χ1n) is 13.8. The van der Waals surface area contributed by atoms with Crippen molar-refractivity contribution in [2.45, 2.75) is 26.3 Å². The highest BCUT2D eigenvalue weighted by atomic mass is 32.1. The van der Waals surface area contributed by atoms with Crippen LogP contribution in [0.15, 0.2) is 53.9 Å². The van der Waals surface area contributed by atoms with Crippen LogP contribution in [0.3, 0.4) is 0 Å². The maximum absolute atomic E-state index is 13.8. The van der Waals surface area contributed by atoms with Gasteiger partial charge < -0.3 is 38.8 Å². The van der Waals surface area contributed by atoms with E-state index in [1.165, 1.54) is 4.90 Å². The highest BCUT2D eigenvalue weighted by Gasteiger charge is 2.22. The smallest absolute Gasteiger partial charge is 0.322 e. The summed E-state index contributed by atoms with van der Waals surface area (Å²) in [7, 11) is 6.29. The van der Waals surface area contributed by atoms with Crippen LogP contribution in [0.5, 0.6) is 23.0 Å². The molecule has 0 bridgehead atoms. The Hall–Kier alpha value is -3.96. The summed E-state index contributed by atoms with van der Waals surface area (Å²) in [5.74, 6) is 2.22. The van der Waals surface area contributed by atoms with Crippen molar-refractivity contribution in [1.29, 1.82) is 0 Å². The molecule has 1 heterocycles. The van der Waals surface area contributed by atoms with Gasteiger partial charge in [0, 0.05) is 55.1 Å². The van der Waals surface area contributed by atoms with Gasteiger partial charge in [-0.3, -0.25) is 4.79 Å². The van der Waals surface area contributed by atoms with Crippen molar-refractivity contribution in [2.75, 3.05) is 66.6 Å². The number of thiophene rings is 1. The molecule has 11 heteroatoms. The van der Waals surface area contributed by atoms with Crippen LogP contribution in [0, 0.1) is 0 Å². The molecule has 0 saturated carbocycles. The molecule has 0 saturated heterocycles. The molecule has 228 valence electrons. The van der Waals surface area contributed by atoms with Crippen molar-refractivity contribution in [3.8, 4) is 23.0 Å². The minimum Gasteiger partial charge on any atom is -0.497 e. The summed E-state index contributed by atoms with van der Waals surface area (Å²) in [6.07, 6.45) is 1.20. The van der Waals surface area contributed by atoms with Crippen molar-refractivity contribution in [3.63, 3.8) is 0 Å². The number of rotatable bonds is 17. The number of methoxy groups -OCH3 is 4. The molecule has 0 aliphatic rings. The molecule has 3 rings (SSSR count). The van der Waals surface area contributed by atoms with Gasteiger partial charge >= 0.3 is 6.03 Å². The highest BCUT2D eigenvalue weighted by molar-refractivity contribution is 7.09. The summed E-state index contributed by atoms with van der Waals surface area (Å²) in [4.78, 5) is 31.6. The Balaban J connectivity index is 1.77. The SMILES string of the molecule is CCOCCCN(CC(=O)N(CCc1ccc(OC)c(OC)c1)Cc1cccs1)C(=O)Nc1cc(OC)cc(OC)c1. The molecule has 0 aliphatic heterocycles. The summed E-state index contributed by atoms with van der Waals surface area (Å²) >= 11 is 1.59. The molecule has 10 nitrogen and oxygen atoms in total. The zero-order valence-corrected chi connectivity index (χ0v) is 25.8. The van der Waals surface area contributed by atoms with Gasteiger partial charge in [0.05, 0.1) is 35.0 Å². The van der Waals surface area contributed by atoms with Crippen molar-refractivity contribution in [3.05, 3.63) is 64.4 Å². The number of hydrogen-bond donors (Lipinski definition) is 1. The second-order valence-electron chi connectivity index (χ2n) is 9.34.